The van der Waals surface area contributed by atoms with Crippen LogP contribution in [-0.4, -0.2) is 63.0 Å². The van der Waals surface area contributed by atoms with Crippen LogP contribution in [0.15, 0.2) is 24.3 Å². The van der Waals surface area contributed by atoms with Gasteiger partial charge in [0.15, 0.2) is 9.84 Å². The molecule has 148 valence electrons. The summed E-state index contributed by atoms with van der Waals surface area (Å²) in [6, 6.07) is 7.86. The van der Waals surface area contributed by atoms with Gasteiger partial charge in [-0.2, -0.15) is 11.8 Å². The van der Waals surface area contributed by atoms with Crippen molar-refractivity contribution in [3.05, 3.63) is 24.3 Å². The number of benzene rings is 1. The monoisotopic (exact) mass is 441 g/mol. The lowest BCUT2D eigenvalue weighted by atomic mass is 10.2. The van der Waals surface area contributed by atoms with E-state index in [0.717, 1.165) is 29.4 Å². The first-order valence-electron chi connectivity index (χ1n) is 8.18. The summed E-state index contributed by atoms with van der Waals surface area (Å²) in [6.07, 6.45) is 0.471. The molecule has 6 nitrogen and oxygen atoms in total. The van der Waals surface area contributed by atoms with E-state index in [4.69, 9.17) is 0 Å². The molecule has 2 fully saturated rings. The highest BCUT2D eigenvalue weighted by atomic mass is 35.5. The molecule has 1 aromatic rings. The molecule has 1 atom stereocenters. The van der Waals surface area contributed by atoms with E-state index < -0.39 is 9.84 Å². The zero-order valence-corrected chi connectivity index (χ0v) is 17.6. The van der Waals surface area contributed by atoms with Crippen molar-refractivity contribution in [1.82, 2.24) is 5.32 Å². The fourth-order valence-electron chi connectivity index (χ4n) is 2.94. The summed E-state index contributed by atoms with van der Waals surface area (Å²) in [5, 5.41) is 6.31. The van der Waals surface area contributed by atoms with Crippen LogP contribution >= 0.6 is 36.6 Å². The Hall–Kier alpha value is -0.670. The first kappa shape index (κ1) is 23.4. The molecule has 0 radical (unpaired) electrons. The van der Waals surface area contributed by atoms with E-state index in [9.17, 15) is 13.2 Å². The van der Waals surface area contributed by atoms with E-state index in [1.54, 1.807) is 0 Å². The van der Waals surface area contributed by atoms with Crippen molar-refractivity contribution in [3.8, 4) is 0 Å². The predicted molar refractivity (Wildman–Crippen MR) is 114 cm³/mol. The average molecular weight is 442 g/mol. The maximum absolute atomic E-state index is 12.2. The number of halogens is 2. The Balaban J connectivity index is 0.00000169. The van der Waals surface area contributed by atoms with Crippen LogP contribution in [0.1, 0.15) is 6.42 Å². The first-order chi connectivity index (χ1) is 11.5. The number of nitrogens with zero attached hydrogens (tertiary/aromatic N) is 1. The number of rotatable bonds is 4. The Morgan fingerprint density at radius 2 is 2.00 bits per heavy atom. The van der Waals surface area contributed by atoms with Gasteiger partial charge in [0, 0.05) is 55.0 Å². The molecule has 2 aliphatic rings. The highest BCUT2D eigenvalue weighted by molar-refractivity contribution is 7.99. The van der Waals surface area contributed by atoms with Crippen molar-refractivity contribution in [3.63, 3.8) is 0 Å². The lowest BCUT2D eigenvalue weighted by molar-refractivity contribution is -0.116. The van der Waals surface area contributed by atoms with Gasteiger partial charge in [0.1, 0.15) is 0 Å². The third-order valence-electron chi connectivity index (χ3n) is 4.27. The minimum atomic E-state index is -2.89. The number of hydrogen-bond acceptors (Lipinski definition) is 6. The molecule has 3 rings (SSSR count). The first-order valence-corrected chi connectivity index (χ1v) is 11.2. The number of nitrogens with one attached hydrogen (secondary N) is 2. The van der Waals surface area contributed by atoms with Crippen LogP contribution in [0, 0.1) is 0 Å². The summed E-state index contributed by atoms with van der Waals surface area (Å²) in [4.78, 5) is 14.3. The molecule has 2 N–H and O–H groups in total. The summed E-state index contributed by atoms with van der Waals surface area (Å²) in [5.41, 5.74) is 1.71. The molecule has 10 heteroatoms. The Labute approximate surface area is 171 Å². The zero-order valence-electron chi connectivity index (χ0n) is 14.3. The van der Waals surface area contributed by atoms with Crippen LogP contribution in [0.4, 0.5) is 11.4 Å². The fourth-order valence-corrected chi connectivity index (χ4v) is 5.09. The molecule has 0 aromatic heterocycles. The topological polar surface area (TPSA) is 78.5 Å². The Bertz CT molecular complexity index is 684. The Morgan fingerprint density at radius 3 is 2.65 bits per heavy atom. The third kappa shape index (κ3) is 6.81. The molecule has 2 aliphatic heterocycles. The van der Waals surface area contributed by atoms with Gasteiger partial charge in [-0.25, -0.2) is 8.42 Å². The molecular weight excluding hydrogens is 417 g/mol. The number of anilines is 2. The van der Waals surface area contributed by atoms with Gasteiger partial charge in [0.25, 0.3) is 0 Å². The van der Waals surface area contributed by atoms with Crippen LogP contribution in [-0.2, 0) is 14.6 Å². The molecule has 0 bridgehead atoms. The number of sulfone groups is 1. The van der Waals surface area contributed by atoms with Crippen molar-refractivity contribution in [2.45, 2.75) is 12.5 Å². The second kappa shape index (κ2) is 10.6. The summed E-state index contributed by atoms with van der Waals surface area (Å²) in [6.45, 7) is 1.96. The number of hydrogen-bond donors (Lipinski definition) is 2. The number of thioether (sulfide) groups is 1. The average Bonchev–Trinajstić information content (AvgIpc) is 2.56. The van der Waals surface area contributed by atoms with Crippen LogP contribution in [0.25, 0.3) is 0 Å². The zero-order chi connectivity index (χ0) is 17.0. The minimum Gasteiger partial charge on any atom is -0.369 e. The van der Waals surface area contributed by atoms with E-state index in [2.05, 4.69) is 15.5 Å². The van der Waals surface area contributed by atoms with Gasteiger partial charge in [0.2, 0.25) is 5.91 Å². The smallest absolute Gasteiger partial charge is 0.225 e. The predicted octanol–water partition coefficient (Wildman–Crippen LogP) is 1.80. The Morgan fingerprint density at radius 1 is 1.27 bits per heavy atom. The van der Waals surface area contributed by atoms with Crippen molar-refractivity contribution in [2.75, 3.05) is 52.9 Å². The third-order valence-corrected chi connectivity index (χ3v) is 7.01. The van der Waals surface area contributed by atoms with Crippen molar-refractivity contribution in [1.29, 1.82) is 0 Å². The van der Waals surface area contributed by atoms with Crippen LogP contribution in [0.2, 0.25) is 0 Å². The van der Waals surface area contributed by atoms with Gasteiger partial charge in [-0.3, -0.25) is 4.79 Å². The molecule has 1 amide bonds. The highest BCUT2D eigenvalue weighted by Crippen LogP contribution is 2.22. The van der Waals surface area contributed by atoms with Crippen LogP contribution < -0.4 is 15.5 Å². The second-order valence-corrected chi connectivity index (χ2v) is 9.62. The summed E-state index contributed by atoms with van der Waals surface area (Å²) in [7, 11) is -2.89. The molecule has 2 heterocycles. The SMILES string of the molecule is Cl.Cl.O=C(CC1CSCCN1)Nc1cccc(N2CCS(=O)(=O)CC2)c1. The van der Waals surface area contributed by atoms with E-state index in [1.165, 1.54) is 0 Å². The van der Waals surface area contributed by atoms with Crippen LogP contribution in [0.5, 0.6) is 0 Å². The van der Waals surface area contributed by atoms with Crippen molar-refractivity contribution < 1.29 is 13.2 Å². The highest BCUT2D eigenvalue weighted by Gasteiger charge is 2.22. The van der Waals surface area contributed by atoms with Crippen molar-refractivity contribution in [2.24, 2.45) is 0 Å². The number of carbonyl (C=O) groups excluding carboxylic acids is 1. The second-order valence-electron chi connectivity index (χ2n) is 6.17. The fraction of sp³-hybridized carbons (Fsp3) is 0.562. The summed E-state index contributed by atoms with van der Waals surface area (Å²) in [5.74, 6) is 2.46. The number of carbonyl (C=O) groups is 1. The molecule has 0 spiro atoms. The van der Waals surface area contributed by atoms with Gasteiger partial charge in [-0.05, 0) is 18.2 Å². The largest absolute Gasteiger partial charge is 0.369 e. The molecule has 26 heavy (non-hydrogen) atoms. The molecule has 1 aromatic carbocycles. The maximum atomic E-state index is 12.2. The standard InChI is InChI=1S/C16H23N3O3S2.2ClH/c20-16(11-14-12-23-7-4-17-14)18-13-2-1-3-15(10-13)19-5-8-24(21,22)9-6-19;;/h1-3,10,14,17H,4-9,11-12H2,(H,18,20);2*1H. The van der Waals surface area contributed by atoms with Crippen molar-refractivity contribution >= 4 is 63.7 Å². The van der Waals surface area contributed by atoms with Gasteiger partial charge in [-0.15, -0.1) is 24.8 Å². The lowest BCUT2D eigenvalue weighted by Crippen LogP contribution is -2.40. The Kier molecular flexibility index (Phi) is 9.54. The summed E-state index contributed by atoms with van der Waals surface area (Å²) < 4.78 is 23.1. The lowest BCUT2D eigenvalue weighted by Gasteiger charge is -2.29. The molecule has 0 saturated carbocycles. The van der Waals surface area contributed by atoms with E-state index in [1.807, 2.05) is 36.0 Å². The van der Waals surface area contributed by atoms with Crippen LogP contribution in [0.3, 0.4) is 0 Å². The normalized spacial score (nSPS) is 21.8. The molecule has 1 unspecified atom stereocenters. The molecular formula is C16H25Cl2N3O3S2. The van der Waals surface area contributed by atoms with E-state index in [-0.39, 0.29) is 48.3 Å². The van der Waals surface area contributed by atoms with Gasteiger partial charge in [-0.1, -0.05) is 6.07 Å². The van der Waals surface area contributed by atoms with Gasteiger partial charge < -0.3 is 15.5 Å². The summed E-state index contributed by atoms with van der Waals surface area (Å²) >= 11 is 1.87. The number of amides is 1. The van der Waals surface area contributed by atoms with E-state index in [0.29, 0.717) is 19.5 Å². The van der Waals surface area contributed by atoms with Gasteiger partial charge in [0.05, 0.1) is 11.5 Å². The van der Waals surface area contributed by atoms with E-state index >= 15 is 0 Å². The quantitative estimate of drug-likeness (QED) is 0.741. The van der Waals surface area contributed by atoms with Gasteiger partial charge >= 0.3 is 0 Å². The molecule has 2 saturated heterocycles. The maximum Gasteiger partial charge on any atom is 0.225 e. The molecule has 0 aliphatic carbocycles. The minimum absolute atomic E-state index is 0.